The number of ether oxygens (including phenoxy) is 1. The normalized spacial score (nSPS) is 13.4. The van der Waals surface area contributed by atoms with E-state index in [1.54, 1.807) is 0 Å². The minimum atomic E-state index is -0.523. The van der Waals surface area contributed by atoms with Crippen molar-refractivity contribution in [2.75, 3.05) is 18.5 Å². The minimum Gasteiger partial charge on any atom is -0.389 e. The Balaban J connectivity index is 1.92. The molecule has 2 aromatic rings. The van der Waals surface area contributed by atoms with Crippen LogP contribution >= 0.6 is 15.9 Å². The van der Waals surface area contributed by atoms with Crippen molar-refractivity contribution in [3.63, 3.8) is 0 Å². The predicted octanol–water partition coefficient (Wildman–Crippen LogP) is 4.19. The summed E-state index contributed by atoms with van der Waals surface area (Å²) in [7, 11) is 0. The van der Waals surface area contributed by atoms with Gasteiger partial charge in [0.1, 0.15) is 0 Å². The lowest BCUT2D eigenvalue weighted by Crippen LogP contribution is -2.30. The highest BCUT2D eigenvalue weighted by Gasteiger charge is 2.13. The molecule has 1 atom stereocenters. The number of halogens is 1. The van der Waals surface area contributed by atoms with Crippen LogP contribution in [-0.4, -0.2) is 30.0 Å². The van der Waals surface area contributed by atoms with Crippen molar-refractivity contribution in [3.05, 3.63) is 40.9 Å². The Bertz CT molecular complexity index is 607. The van der Waals surface area contributed by atoms with Crippen LogP contribution in [0.5, 0.6) is 0 Å². The molecule has 2 rings (SSSR count). The van der Waals surface area contributed by atoms with Crippen LogP contribution in [0, 0.1) is 0 Å². The van der Waals surface area contributed by atoms with Gasteiger partial charge in [0.15, 0.2) is 0 Å². The van der Waals surface area contributed by atoms with Crippen molar-refractivity contribution < 1.29 is 9.84 Å². The van der Waals surface area contributed by atoms with Crippen LogP contribution in [-0.2, 0) is 4.74 Å². The van der Waals surface area contributed by atoms with Gasteiger partial charge >= 0.3 is 0 Å². The third-order valence-electron chi connectivity index (χ3n) is 3.05. The molecular formula is C17H22BrNO2. The van der Waals surface area contributed by atoms with Gasteiger partial charge in [-0.05, 0) is 55.8 Å². The summed E-state index contributed by atoms with van der Waals surface area (Å²) in [4.78, 5) is 0. The Morgan fingerprint density at radius 3 is 2.52 bits per heavy atom. The van der Waals surface area contributed by atoms with Gasteiger partial charge in [-0.15, -0.1) is 0 Å². The molecule has 3 nitrogen and oxygen atoms in total. The Morgan fingerprint density at radius 1 is 1.14 bits per heavy atom. The molecule has 4 heteroatoms. The molecule has 0 heterocycles. The lowest BCUT2D eigenvalue weighted by molar-refractivity contribution is -0.0449. The van der Waals surface area contributed by atoms with Gasteiger partial charge in [-0.2, -0.15) is 0 Å². The maximum Gasteiger partial charge on any atom is 0.0945 e. The molecule has 0 fully saturated rings. The molecule has 0 saturated heterocycles. The van der Waals surface area contributed by atoms with Crippen molar-refractivity contribution in [2.24, 2.45) is 0 Å². The third-order valence-corrected chi connectivity index (χ3v) is 3.55. The topological polar surface area (TPSA) is 41.5 Å². The van der Waals surface area contributed by atoms with E-state index in [1.165, 1.54) is 10.8 Å². The summed E-state index contributed by atoms with van der Waals surface area (Å²) in [6, 6.07) is 12.4. The molecule has 114 valence electrons. The van der Waals surface area contributed by atoms with E-state index in [4.69, 9.17) is 4.74 Å². The third kappa shape index (κ3) is 5.30. The van der Waals surface area contributed by atoms with E-state index in [0.29, 0.717) is 13.2 Å². The number of benzene rings is 2. The van der Waals surface area contributed by atoms with E-state index in [2.05, 4.69) is 45.5 Å². The summed E-state index contributed by atoms with van der Waals surface area (Å²) < 4.78 is 6.64. The molecule has 0 aromatic heterocycles. The lowest BCUT2D eigenvalue weighted by Gasteiger charge is -2.22. The molecule has 0 saturated carbocycles. The molecule has 21 heavy (non-hydrogen) atoms. The van der Waals surface area contributed by atoms with Crippen molar-refractivity contribution in [2.45, 2.75) is 32.5 Å². The Labute approximate surface area is 134 Å². The Morgan fingerprint density at radius 2 is 1.81 bits per heavy atom. The summed E-state index contributed by atoms with van der Waals surface area (Å²) >= 11 is 3.47. The zero-order valence-corrected chi connectivity index (χ0v) is 14.3. The van der Waals surface area contributed by atoms with Crippen LogP contribution in [0.4, 0.5) is 5.69 Å². The van der Waals surface area contributed by atoms with E-state index < -0.39 is 6.10 Å². The fourth-order valence-corrected chi connectivity index (χ4v) is 2.35. The number of hydrogen-bond donors (Lipinski definition) is 2. The van der Waals surface area contributed by atoms with Crippen molar-refractivity contribution >= 4 is 32.4 Å². The molecule has 0 aliphatic rings. The number of fused-ring (bicyclic) bond motifs is 1. The molecule has 0 aliphatic carbocycles. The van der Waals surface area contributed by atoms with E-state index in [0.717, 1.165) is 10.2 Å². The van der Waals surface area contributed by atoms with Crippen molar-refractivity contribution in [1.82, 2.24) is 0 Å². The van der Waals surface area contributed by atoms with Crippen LogP contribution in [0.15, 0.2) is 40.9 Å². The molecule has 1 unspecified atom stereocenters. The van der Waals surface area contributed by atoms with E-state index in [-0.39, 0.29) is 5.60 Å². The fraction of sp³-hybridized carbons (Fsp3) is 0.412. The summed E-state index contributed by atoms with van der Waals surface area (Å²) in [6.07, 6.45) is -0.523. The number of aliphatic hydroxyl groups is 1. The Hall–Kier alpha value is -1.10. The second kappa shape index (κ2) is 6.77. The average molecular weight is 352 g/mol. The molecule has 2 aromatic carbocycles. The first-order valence-electron chi connectivity index (χ1n) is 7.09. The van der Waals surface area contributed by atoms with Gasteiger partial charge in [0.25, 0.3) is 0 Å². The molecule has 0 amide bonds. The van der Waals surface area contributed by atoms with Crippen molar-refractivity contribution in [3.8, 4) is 0 Å². The molecule has 0 bridgehead atoms. The number of rotatable bonds is 5. The molecule has 0 aliphatic heterocycles. The number of hydrogen-bond acceptors (Lipinski definition) is 3. The number of nitrogens with one attached hydrogen (secondary N) is 1. The minimum absolute atomic E-state index is 0.225. The average Bonchev–Trinajstić information content (AvgIpc) is 2.42. The van der Waals surface area contributed by atoms with Crippen LogP contribution in [0.1, 0.15) is 20.8 Å². The molecular weight excluding hydrogens is 330 g/mol. The quantitative estimate of drug-likeness (QED) is 0.848. The monoisotopic (exact) mass is 351 g/mol. The maximum absolute atomic E-state index is 9.93. The van der Waals surface area contributed by atoms with Crippen LogP contribution in [0.25, 0.3) is 10.8 Å². The highest BCUT2D eigenvalue weighted by Crippen LogP contribution is 2.23. The SMILES string of the molecule is CC(C)(C)OCC(O)CNc1ccc2cc(Br)ccc2c1. The highest BCUT2D eigenvalue weighted by atomic mass is 79.9. The highest BCUT2D eigenvalue weighted by molar-refractivity contribution is 9.10. The zero-order valence-electron chi connectivity index (χ0n) is 12.7. The molecule has 2 N–H and O–H groups in total. The Kier molecular flexibility index (Phi) is 5.25. The largest absolute Gasteiger partial charge is 0.389 e. The molecule has 0 spiro atoms. The van der Waals surface area contributed by atoms with Gasteiger partial charge in [0, 0.05) is 16.7 Å². The summed E-state index contributed by atoms with van der Waals surface area (Å²) in [5.74, 6) is 0. The summed E-state index contributed by atoms with van der Waals surface area (Å²) in [5.41, 5.74) is 0.775. The van der Waals surface area contributed by atoms with Crippen molar-refractivity contribution in [1.29, 1.82) is 0 Å². The predicted molar refractivity (Wildman–Crippen MR) is 91.8 cm³/mol. The van der Waals surface area contributed by atoms with Gasteiger partial charge in [-0.25, -0.2) is 0 Å². The van der Waals surface area contributed by atoms with E-state index in [1.807, 2.05) is 32.9 Å². The first-order chi connectivity index (χ1) is 9.83. The first kappa shape index (κ1) is 16.3. The van der Waals surface area contributed by atoms with Gasteiger partial charge in [0.05, 0.1) is 18.3 Å². The smallest absolute Gasteiger partial charge is 0.0945 e. The number of anilines is 1. The lowest BCUT2D eigenvalue weighted by atomic mass is 10.1. The molecule has 0 radical (unpaired) electrons. The van der Waals surface area contributed by atoms with Crippen LogP contribution < -0.4 is 5.32 Å². The fourth-order valence-electron chi connectivity index (χ4n) is 1.97. The van der Waals surface area contributed by atoms with Gasteiger partial charge in [-0.1, -0.05) is 28.1 Å². The van der Waals surface area contributed by atoms with Gasteiger partial charge < -0.3 is 15.2 Å². The summed E-state index contributed by atoms with van der Waals surface area (Å²) in [6.45, 7) is 6.74. The second-order valence-corrected chi connectivity index (χ2v) is 7.08. The van der Waals surface area contributed by atoms with Gasteiger partial charge in [-0.3, -0.25) is 0 Å². The van der Waals surface area contributed by atoms with Crippen LogP contribution in [0.3, 0.4) is 0 Å². The zero-order chi connectivity index (χ0) is 15.5. The van der Waals surface area contributed by atoms with E-state index in [9.17, 15) is 5.11 Å². The first-order valence-corrected chi connectivity index (χ1v) is 7.88. The second-order valence-electron chi connectivity index (χ2n) is 6.16. The number of aliphatic hydroxyl groups excluding tert-OH is 1. The van der Waals surface area contributed by atoms with Gasteiger partial charge in [0.2, 0.25) is 0 Å². The van der Waals surface area contributed by atoms with E-state index >= 15 is 0 Å². The maximum atomic E-state index is 9.93. The standard InChI is InChI=1S/C17H22BrNO2/c1-17(2,3)21-11-16(20)10-19-15-7-5-12-8-14(18)6-4-13(12)9-15/h4-9,16,19-20H,10-11H2,1-3H3. The summed E-state index contributed by atoms with van der Waals surface area (Å²) in [5, 5.41) is 15.5. The van der Waals surface area contributed by atoms with Crippen LogP contribution in [0.2, 0.25) is 0 Å².